The highest BCUT2D eigenvalue weighted by Crippen LogP contribution is 2.39. The van der Waals surface area contributed by atoms with E-state index in [2.05, 4.69) is 0 Å². The molecule has 0 heterocycles. The van der Waals surface area contributed by atoms with Crippen LogP contribution in [0.3, 0.4) is 0 Å². The molecule has 0 aliphatic heterocycles. The lowest BCUT2D eigenvalue weighted by Gasteiger charge is -2.19. The number of hydrogen-bond acceptors (Lipinski definition) is 1. The van der Waals surface area contributed by atoms with E-state index in [1.54, 1.807) is 0 Å². The van der Waals surface area contributed by atoms with Crippen molar-refractivity contribution in [3.05, 3.63) is 11.6 Å². The van der Waals surface area contributed by atoms with Gasteiger partial charge in [0, 0.05) is 0 Å². The molecule has 0 aromatic heterocycles. The van der Waals surface area contributed by atoms with Crippen LogP contribution in [0.2, 0.25) is 0 Å². The minimum atomic E-state index is -5.81. The number of Topliss-reactive ketones (excluding diaryl/α,β-unsaturated/α-hetero) is 1. The Morgan fingerprint density at radius 2 is 1.69 bits per heavy atom. The van der Waals surface area contributed by atoms with Crippen molar-refractivity contribution in [3.8, 4) is 0 Å². The summed E-state index contributed by atoms with van der Waals surface area (Å²) in [5.74, 6) is -7.36. The van der Waals surface area contributed by atoms with Crippen molar-refractivity contribution < 1.29 is 26.7 Å². The fraction of sp³-hybridized carbons (Fsp3) is 0.700. The average molecular weight is 242 g/mol. The van der Waals surface area contributed by atoms with Crippen LogP contribution in [0.25, 0.3) is 0 Å². The number of hydrogen-bond donors (Lipinski definition) is 0. The molecule has 92 valence electrons. The molecule has 0 spiro atoms. The van der Waals surface area contributed by atoms with Crippen LogP contribution < -0.4 is 0 Å². The molecular formula is C10H11F5O. The summed E-state index contributed by atoms with van der Waals surface area (Å²) in [4.78, 5) is 11.1. The molecule has 1 rings (SSSR count). The highest BCUT2D eigenvalue weighted by atomic mass is 19.4. The molecule has 1 aliphatic rings. The van der Waals surface area contributed by atoms with Gasteiger partial charge in [-0.3, -0.25) is 4.79 Å². The first-order chi connectivity index (χ1) is 7.27. The van der Waals surface area contributed by atoms with Gasteiger partial charge in [-0.15, -0.1) is 0 Å². The Morgan fingerprint density at radius 3 is 2.25 bits per heavy atom. The van der Waals surface area contributed by atoms with E-state index in [0.717, 1.165) is 6.42 Å². The van der Waals surface area contributed by atoms with Gasteiger partial charge in [0.25, 0.3) is 0 Å². The fourth-order valence-corrected chi connectivity index (χ4v) is 1.55. The van der Waals surface area contributed by atoms with Gasteiger partial charge in [0.05, 0.1) is 0 Å². The molecule has 0 bridgehead atoms. The second kappa shape index (κ2) is 4.51. The van der Waals surface area contributed by atoms with Crippen molar-refractivity contribution in [2.75, 3.05) is 0 Å². The average Bonchev–Trinajstić information content (AvgIpc) is 2.42. The van der Waals surface area contributed by atoms with E-state index in [1.807, 2.05) is 0 Å². The second-order valence-electron chi connectivity index (χ2n) is 3.73. The van der Waals surface area contributed by atoms with E-state index in [4.69, 9.17) is 0 Å². The topological polar surface area (TPSA) is 17.1 Å². The zero-order chi connectivity index (χ0) is 12.4. The summed E-state index contributed by atoms with van der Waals surface area (Å²) in [6.45, 7) is 0. The van der Waals surface area contributed by atoms with Crippen molar-refractivity contribution in [1.29, 1.82) is 0 Å². The van der Waals surface area contributed by atoms with Crippen LogP contribution >= 0.6 is 0 Å². The van der Waals surface area contributed by atoms with Crippen molar-refractivity contribution in [3.63, 3.8) is 0 Å². The molecule has 0 aromatic carbocycles. The summed E-state index contributed by atoms with van der Waals surface area (Å²) >= 11 is 0. The molecule has 1 nitrogen and oxygen atoms in total. The first-order valence-electron chi connectivity index (χ1n) is 4.95. The van der Waals surface area contributed by atoms with Crippen molar-refractivity contribution in [1.82, 2.24) is 0 Å². The van der Waals surface area contributed by atoms with E-state index in [1.165, 1.54) is 6.08 Å². The Bertz CT molecular complexity index is 303. The van der Waals surface area contributed by atoms with Crippen LogP contribution in [0.15, 0.2) is 11.6 Å². The van der Waals surface area contributed by atoms with Gasteiger partial charge < -0.3 is 0 Å². The number of halogens is 5. The lowest BCUT2D eigenvalue weighted by Crippen LogP contribution is -2.44. The Morgan fingerprint density at radius 1 is 1.06 bits per heavy atom. The first kappa shape index (κ1) is 13.1. The van der Waals surface area contributed by atoms with E-state index in [9.17, 15) is 26.7 Å². The van der Waals surface area contributed by atoms with Crippen LogP contribution in [0.1, 0.15) is 32.1 Å². The predicted molar refractivity (Wildman–Crippen MR) is 47.2 cm³/mol. The summed E-state index contributed by atoms with van der Waals surface area (Å²) < 4.78 is 61.3. The second-order valence-corrected chi connectivity index (χ2v) is 3.73. The lowest BCUT2D eigenvalue weighted by atomic mass is 10.0. The summed E-state index contributed by atoms with van der Waals surface area (Å²) in [7, 11) is 0. The summed E-state index contributed by atoms with van der Waals surface area (Å²) in [5.41, 5.74) is -0.389. The fourth-order valence-electron chi connectivity index (χ4n) is 1.55. The van der Waals surface area contributed by atoms with Gasteiger partial charge >= 0.3 is 12.1 Å². The highest BCUT2D eigenvalue weighted by molar-refractivity contribution is 6.01. The maximum Gasteiger partial charge on any atom is 0.461 e. The van der Waals surface area contributed by atoms with Gasteiger partial charge in [0.1, 0.15) is 0 Å². The Hall–Kier alpha value is -0.940. The number of allylic oxidation sites excluding steroid dienone is 2. The summed E-state index contributed by atoms with van der Waals surface area (Å²) in [6.07, 6.45) is -2.28. The third-order valence-corrected chi connectivity index (χ3v) is 2.47. The molecule has 0 aromatic rings. The molecular weight excluding hydrogens is 231 g/mol. The zero-order valence-corrected chi connectivity index (χ0v) is 8.41. The minimum absolute atomic E-state index is 0.00447. The van der Waals surface area contributed by atoms with Crippen LogP contribution in [-0.4, -0.2) is 17.9 Å². The highest BCUT2D eigenvalue weighted by Gasteiger charge is 2.63. The molecule has 1 aliphatic carbocycles. The third-order valence-electron chi connectivity index (χ3n) is 2.47. The van der Waals surface area contributed by atoms with E-state index < -0.39 is 17.9 Å². The monoisotopic (exact) mass is 242 g/mol. The minimum Gasteiger partial charge on any atom is -0.287 e. The van der Waals surface area contributed by atoms with E-state index in [-0.39, 0.29) is 12.0 Å². The maximum absolute atomic E-state index is 12.7. The zero-order valence-electron chi connectivity index (χ0n) is 8.41. The van der Waals surface area contributed by atoms with Crippen molar-refractivity contribution in [2.45, 2.75) is 44.2 Å². The number of carbonyl (C=O) groups excluding carboxylic acids is 1. The molecule has 0 fully saturated rings. The Kier molecular flexibility index (Phi) is 3.70. The Labute approximate surface area is 89.3 Å². The molecule has 6 heteroatoms. The largest absolute Gasteiger partial charge is 0.461 e. The molecule has 16 heavy (non-hydrogen) atoms. The van der Waals surface area contributed by atoms with Crippen molar-refractivity contribution >= 4 is 5.78 Å². The smallest absolute Gasteiger partial charge is 0.287 e. The third kappa shape index (κ3) is 2.59. The number of alkyl halides is 5. The standard InChI is InChI=1S/C10H11F5O/c11-9(12,10(13,14)15)8(16)7-5-3-1-2-4-6-7/h5H,1-4,6H2. The van der Waals surface area contributed by atoms with Gasteiger partial charge in [-0.1, -0.05) is 12.5 Å². The van der Waals surface area contributed by atoms with Gasteiger partial charge in [-0.25, -0.2) is 0 Å². The van der Waals surface area contributed by atoms with Crippen molar-refractivity contribution in [2.24, 2.45) is 0 Å². The van der Waals surface area contributed by atoms with Crippen LogP contribution in [-0.2, 0) is 4.79 Å². The predicted octanol–water partition coefficient (Wildman–Crippen LogP) is 3.64. The van der Waals surface area contributed by atoms with E-state index in [0.29, 0.717) is 19.3 Å². The van der Waals surface area contributed by atoms with Crippen LogP contribution in [0, 0.1) is 0 Å². The number of carbonyl (C=O) groups is 1. The summed E-state index contributed by atoms with van der Waals surface area (Å²) in [5, 5.41) is 0. The van der Waals surface area contributed by atoms with E-state index >= 15 is 0 Å². The summed E-state index contributed by atoms with van der Waals surface area (Å²) in [6, 6.07) is 0. The molecule has 0 unspecified atom stereocenters. The van der Waals surface area contributed by atoms with Gasteiger partial charge in [0.15, 0.2) is 0 Å². The molecule has 0 amide bonds. The molecule has 0 N–H and O–H groups in total. The SMILES string of the molecule is O=C(C1=CCCCCC1)C(F)(F)C(F)(F)F. The molecule has 0 atom stereocenters. The molecule has 0 saturated heterocycles. The van der Waals surface area contributed by atoms with Gasteiger partial charge in [-0.2, -0.15) is 22.0 Å². The van der Waals surface area contributed by atoms with Gasteiger partial charge in [-0.05, 0) is 31.3 Å². The van der Waals surface area contributed by atoms with Crippen LogP contribution in [0.5, 0.6) is 0 Å². The maximum atomic E-state index is 12.7. The Balaban J connectivity index is 2.88. The van der Waals surface area contributed by atoms with Gasteiger partial charge in [0.2, 0.25) is 5.78 Å². The number of ketones is 1. The van der Waals surface area contributed by atoms with Crippen LogP contribution in [0.4, 0.5) is 22.0 Å². The number of rotatable bonds is 2. The lowest BCUT2D eigenvalue weighted by molar-refractivity contribution is -0.266. The quantitative estimate of drug-likeness (QED) is 0.675. The molecule has 0 saturated carbocycles. The normalized spacial score (nSPS) is 18.9. The molecule has 0 radical (unpaired) electrons. The first-order valence-corrected chi connectivity index (χ1v) is 4.95.